The Balaban J connectivity index is 2.07. The number of urea groups is 1. The van der Waals surface area contributed by atoms with Crippen molar-refractivity contribution in [1.82, 2.24) is 4.90 Å². The molecule has 0 aliphatic carbocycles. The van der Waals surface area contributed by atoms with Crippen LogP contribution in [0.3, 0.4) is 0 Å². The normalized spacial score (nSPS) is 21.8. The van der Waals surface area contributed by atoms with Crippen molar-refractivity contribution in [2.45, 2.75) is 12.2 Å². The number of aliphatic hydroxyl groups excluding tert-OH is 2. The minimum absolute atomic E-state index is 0.0129. The van der Waals surface area contributed by atoms with Gasteiger partial charge >= 0.3 is 12.0 Å². The predicted molar refractivity (Wildman–Crippen MR) is 67.7 cm³/mol. The Hall–Kier alpha value is -2.32. The van der Waals surface area contributed by atoms with Crippen molar-refractivity contribution in [3.05, 3.63) is 23.8 Å². The summed E-state index contributed by atoms with van der Waals surface area (Å²) < 4.78 is 0. The molecule has 2 amide bonds. The summed E-state index contributed by atoms with van der Waals surface area (Å²) in [5, 5.41) is 39.5. The van der Waals surface area contributed by atoms with E-state index < -0.39 is 24.2 Å². The van der Waals surface area contributed by atoms with Gasteiger partial charge in [0.15, 0.2) is 0 Å². The average Bonchev–Trinajstić information content (AvgIpc) is 2.72. The van der Waals surface area contributed by atoms with Crippen LogP contribution in [0.2, 0.25) is 0 Å². The highest BCUT2D eigenvalue weighted by molar-refractivity contribution is 5.93. The fraction of sp³-hybridized carbons (Fsp3) is 0.333. The number of β-amino-alcohol motifs (C(OH)–C–C–N with tert-alkyl or cyclic N) is 2. The number of aromatic hydroxyl groups is 1. The van der Waals surface area contributed by atoms with Crippen LogP contribution in [-0.2, 0) is 0 Å². The predicted octanol–water partition coefficient (Wildman–Crippen LogP) is -0.340. The van der Waals surface area contributed by atoms with Gasteiger partial charge in [0.1, 0.15) is 5.75 Å². The Morgan fingerprint density at radius 2 is 1.80 bits per heavy atom. The van der Waals surface area contributed by atoms with E-state index in [1.807, 2.05) is 0 Å². The number of phenolic OH excluding ortho intramolecular Hbond substituents is 1. The lowest BCUT2D eigenvalue weighted by molar-refractivity contribution is 0.0572. The lowest BCUT2D eigenvalue weighted by atomic mass is 10.2. The van der Waals surface area contributed by atoms with Crippen LogP contribution in [0.1, 0.15) is 10.4 Å². The molecule has 20 heavy (non-hydrogen) atoms. The van der Waals surface area contributed by atoms with Crippen LogP contribution in [0.25, 0.3) is 0 Å². The van der Waals surface area contributed by atoms with E-state index in [1.165, 1.54) is 17.0 Å². The van der Waals surface area contributed by atoms with Crippen LogP contribution in [0.15, 0.2) is 18.2 Å². The Morgan fingerprint density at radius 1 is 1.20 bits per heavy atom. The number of nitrogens with zero attached hydrogens (tertiary/aromatic N) is 1. The molecule has 1 aliphatic heterocycles. The maximum absolute atomic E-state index is 11.8. The topological polar surface area (TPSA) is 130 Å². The highest BCUT2D eigenvalue weighted by Gasteiger charge is 2.32. The third kappa shape index (κ3) is 2.81. The lowest BCUT2D eigenvalue weighted by Crippen LogP contribution is -2.33. The molecule has 8 nitrogen and oxygen atoms in total. The summed E-state index contributed by atoms with van der Waals surface area (Å²) >= 11 is 0. The van der Waals surface area contributed by atoms with Crippen molar-refractivity contribution >= 4 is 17.7 Å². The Labute approximate surface area is 113 Å². The largest absolute Gasteiger partial charge is 0.506 e. The second-order valence-electron chi connectivity index (χ2n) is 4.51. The van der Waals surface area contributed by atoms with Gasteiger partial charge in [-0.05, 0) is 18.2 Å². The Bertz CT molecular complexity index is 537. The van der Waals surface area contributed by atoms with Crippen LogP contribution in [0.5, 0.6) is 5.75 Å². The number of carboxylic acid groups (broad SMARTS) is 1. The van der Waals surface area contributed by atoms with Crippen molar-refractivity contribution in [1.29, 1.82) is 0 Å². The molecule has 1 fully saturated rings. The van der Waals surface area contributed by atoms with E-state index in [0.29, 0.717) is 0 Å². The maximum Gasteiger partial charge on any atom is 0.335 e. The summed E-state index contributed by atoms with van der Waals surface area (Å²) in [7, 11) is 0. The van der Waals surface area contributed by atoms with E-state index in [1.54, 1.807) is 0 Å². The Kier molecular flexibility index (Phi) is 3.77. The molecule has 0 radical (unpaired) electrons. The number of aromatic carboxylic acids is 1. The number of hydrogen-bond acceptors (Lipinski definition) is 5. The first-order valence-electron chi connectivity index (χ1n) is 5.87. The van der Waals surface area contributed by atoms with Gasteiger partial charge in [-0.2, -0.15) is 0 Å². The van der Waals surface area contributed by atoms with Gasteiger partial charge in [0, 0.05) is 0 Å². The molecule has 1 heterocycles. The average molecular weight is 282 g/mol. The van der Waals surface area contributed by atoms with E-state index in [2.05, 4.69) is 5.32 Å². The fourth-order valence-corrected chi connectivity index (χ4v) is 1.90. The number of anilines is 1. The van der Waals surface area contributed by atoms with Gasteiger partial charge in [-0.25, -0.2) is 9.59 Å². The first kappa shape index (κ1) is 14.1. The molecule has 5 N–H and O–H groups in total. The molecule has 2 atom stereocenters. The summed E-state index contributed by atoms with van der Waals surface area (Å²) in [6.45, 7) is -0.0259. The van der Waals surface area contributed by atoms with E-state index in [0.717, 1.165) is 6.07 Å². The third-order valence-electron chi connectivity index (χ3n) is 3.03. The number of rotatable bonds is 2. The van der Waals surface area contributed by atoms with Gasteiger partial charge in [0.2, 0.25) is 0 Å². The summed E-state index contributed by atoms with van der Waals surface area (Å²) in [6, 6.07) is 2.93. The zero-order valence-corrected chi connectivity index (χ0v) is 10.4. The van der Waals surface area contributed by atoms with Crippen LogP contribution in [-0.4, -0.2) is 62.6 Å². The maximum atomic E-state index is 11.8. The number of carbonyl (C=O) groups excluding carboxylic acids is 1. The Morgan fingerprint density at radius 3 is 2.30 bits per heavy atom. The van der Waals surface area contributed by atoms with Gasteiger partial charge in [-0.3, -0.25) is 0 Å². The molecular weight excluding hydrogens is 268 g/mol. The van der Waals surface area contributed by atoms with Crippen molar-refractivity contribution in [3.63, 3.8) is 0 Å². The van der Waals surface area contributed by atoms with Crippen molar-refractivity contribution in [3.8, 4) is 5.75 Å². The number of nitrogens with one attached hydrogen (secondary N) is 1. The zero-order chi connectivity index (χ0) is 14.9. The van der Waals surface area contributed by atoms with E-state index in [-0.39, 0.29) is 30.1 Å². The number of amides is 2. The number of aliphatic hydroxyl groups is 2. The standard InChI is InChI=1S/C12H14N2O6/c15-8-3-6(11(18)19)1-2-7(8)13-12(20)14-4-9(16)10(17)5-14/h1-3,9-10,15-17H,4-5H2,(H,13,20)(H,18,19). The molecule has 1 aromatic carbocycles. The van der Waals surface area contributed by atoms with Crippen LogP contribution >= 0.6 is 0 Å². The second-order valence-corrected chi connectivity index (χ2v) is 4.51. The molecule has 0 spiro atoms. The summed E-state index contributed by atoms with van der Waals surface area (Å²) in [5.74, 6) is -1.57. The number of hydrogen-bond donors (Lipinski definition) is 5. The summed E-state index contributed by atoms with van der Waals surface area (Å²) in [6.07, 6.45) is -1.99. The molecule has 0 saturated carbocycles. The van der Waals surface area contributed by atoms with E-state index in [9.17, 15) is 24.9 Å². The zero-order valence-electron chi connectivity index (χ0n) is 10.4. The smallest absolute Gasteiger partial charge is 0.335 e. The molecule has 0 bridgehead atoms. The highest BCUT2D eigenvalue weighted by Crippen LogP contribution is 2.25. The summed E-state index contributed by atoms with van der Waals surface area (Å²) in [5.41, 5.74) is -0.0524. The molecule has 1 aliphatic rings. The van der Waals surface area contributed by atoms with E-state index in [4.69, 9.17) is 5.11 Å². The molecule has 108 valence electrons. The van der Waals surface area contributed by atoms with Crippen LogP contribution < -0.4 is 5.32 Å². The van der Waals surface area contributed by atoms with Crippen molar-refractivity contribution in [2.75, 3.05) is 18.4 Å². The molecule has 8 heteroatoms. The van der Waals surface area contributed by atoms with Gasteiger partial charge in [0.05, 0.1) is 36.5 Å². The number of carboxylic acids is 1. The number of benzene rings is 1. The quantitative estimate of drug-likeness (QED) is 0.472. The van der Waals surface area contributed by atoms with Crippen molar-refractivity contribution < 1.29 is 30.0 Å². The number of carbonyl (C=O) groups is 2. The minimum atomic E-state index is -1.19. The lowest BCUT2D eigenvalue weighted by Gasteiger charge is -2.17. The third-order valence-corrected chi connectivity index (χ3v) is 3.03. The molecule has 0 aromatic heterocycles. The highest BCUT2D eigenvalue weighted by atomic mass is 16.4. The SMILES string of the molecule is O=C(O)c1ccc(NC(=O)N2CC(O)C(O)C2)c(O)c1. The van der Waals surface area contributed by atoms with Crippen LogP contribution in [0.4, 0.5) is 10.5 Å². The second kappa shape index (κ2) is 5.35. The molecule has 2 rings (SSSR count). The van der Waals surface area contributed by atoms with Gasteiger partial charge in [-0.15, -0.1) is 0 Å². The minimum Gasteiger partial charge on any atom is -0.506 e. The summed E-state index contributed by atoms with van der Waals surface area (Å²) in [4.78, 5) is 23.7. The number of phenols is 1. The van der Waals surface area contributed by atoms with Gasteiger partial charge < -0.3 is 30.6 Å². The van der Waals surface area contributed by atoms with Gasteiger partial charge in [-0.1, -0.05) is 0 Å². The molecule has 1 aromatic rings. The monoisotopic (exact) mass is 282 g/mol. The number of likely N-dealkylation sites (tertiary alicyclic amines) is 1. The van der Waals surface area contributed by atoms with E-state index >= 15 is 0 Å². The van der Waals surface area contributed by atoms with Gasteiger partial charge in [0.25, 0.3) is 0 Å². The van der Waals surface area contributed by atoms with Crippen molar-refractivity contribution in [2.24, 2.45) is 0 Å². The molecule has 2 unspecified atom stereocenters. The first-order chi connectivity index (χ1) is 9.38. The van der Waals surface area contributed by atoms with Crippen LogP contribution in [0, 0.1) is 0 Å². The first-order valence-corrected chi connectivity index (χ1v) is 5.87. The molecule has 1 saturated heterocycles. The molecular formula is C12H14N2O6. The fourth-order valence-electron chi connectivity index (χ4n) is 1.90.